The van der Waals surface area contributed by atoms with Crippen LogP contribution in [0.1, 0.15) is 38.3 Å². The monoisotopic (exact) mass is 319 g/mol. The fraction of sp³-hybridized carbons (Fsp3) is 0.529. The number of piperazine rings is 1. The summed E-state index contributed by atoms with van der Waals surface area (Å²) in [5, 5.41) is 2.91. The van der Waals surface area contributed by atoms with E-state index in [1.165, 1.54) is 12.1 Å². The number of carbonyl (C=O) groups is 2. The Morgan fingerprint density at radius 2 is 2.04 bits per heavy atom. The van der Waals surface area contributed by atoms with Gasteiger partial charge in [-0.2, -0.15) is 0 Å². The SMILES string of the molecule is CC(NC(=O)N1CC2CCCN2C(=O)C1C)c1ccc(F)cc1. The van der Waals surface area contributed by atoms with Gasteiger partial charge in [0.05, 0.1) is 6.04 Å². The normalized spacial score (nSPS) is 25.3. The Morgan fingerprint density at radius 1 is 1.35 bits per heavy atom. The van der Waals surface area contributed by atoms with E-state index in [0.717, 1.165) is 24.9 Å². The summed E-state index contributed by atoms with van der Waals surface area (Å²) >= 11 is 0. The first-order chi connectivity index (χ1) is 11.0. The van der Waals surface area contributed by atoms with E-state index in [2.05, 4.69) is 5.32 Å². The number of benzene rings is 1. The van der Waals surface area contributed by atoms with Crippen LogP contribution < -0.4 is 5.32 Å². The maximum absolute atomic E-state index is 13.0. The summed E-state index contributed by atoms with van der Waals surface area (Å²) in [7, 11) is 0. The van der Waals surface area contributed by atoms with Gasteiger partial charge in [-0.25, -0.2) is 9.18 Å². The van der Waals surface area contributed by atoms with Crippen molar-refractivity contribution >= 4 is 11.9 Å². The lowest BCUT2D eigenvalue weighted by molar-refractivity contribution is -0.140. The Labute approximate surface area is 135 Å². The molecule has 0 saturated carbocycles. The molecule has 5 nitrogen and oxygen atoms in total. The predicted molar refractivity (Wildman–Crippen MR) is 84.2 cm³/mol. The zero-order valence-electron chi connectivity index (χ0n) is 13.5. The molecule has 1 N–H and O–H groups in total. The number of urea groups is 1. The topological polar surface area (TPSA) is 52.7 Å². The summed E-state index contributed by atoms with van der Waals surface area (Å²) in [6.45, 7) is 5.01. The number of amides is 3. The molecule has 3 unspecified atom stereocenters. The van der Waals surface area contributed by atoms with E-state index in [1.807, 2.05) is 11.8 Å². The fourth-order valence-electron chi connectivity index (χ4n) is 3.44. The molecule has 2 saturated heterocycles. The molecule has 0 aliphatic carbocycles. The molecule has 2 aliphatic heterocycles. The van der Waals surface area contributed by atoms with Gasteiger partial charge in [-0.05, 0) is 44.4 Å². The van der Waals surface area contributed by atoms with Gasteiger partial charge in [0.15, 0.2) is 0 Å². The minimum Gasteiger partial charge on any atom is -0.336 e. The van der Waals surface area contributed by atoms with Gasteiger partial charge in [-0.15, -0.1) is 0 Å². The molecule has 2 aliphatic rings. The van der Waals surface area contributed by atoms with E-state index in [1.54, 1.807) is 24.0 Å². The molecule has 3 rings (SSSR count). The van der Waals surface area contributed by atoms with Crippen LogP contribution in [0, 0.1) is 5.82 Å². The van der Waals surface area contributed by atoms with Gasteiger partial charge in [-0.3, -0.25) is 4.79 Å². The molecular formula is C17H22FN3O2. The first-order valence-electron chi connectivity index (χ1n) is 8.10. The van der Waals surface area contributed by atoms with Crippen molar-refractivity contribution in [1.82, 2.24) is 15.1 Å². The van der Waals surface area contributed by atoms with Crippen molar-refractivity contribution in [2.45, 2.75) is 44.8 Å². The maximum atomic E-state index is 13.0. The van der Waals surface area contributed by atoms with Gasteiger partial charge >= 0.3 is 6.03 Å². The molecule has 2 fully saturated rings. The van der Waals surface area contributed by atoms with E-state index in [4.69, 9.17) is 0 Å². The second kappa shape index (κ2) is 6.18. The standard InChI is InChI=1S/C17H22FN3O2/c1-11(13-5-7-14(18)8-6-13)19-17(23)21-10-15-4-3-9-20(15)16(22)12(21)2/h5-8,11-12,15H,3-4,9-10H2,1-2H3,(H,19,23). The van der Waals surface area contributed by atoms with Crippen molar-refractivity contribution in [2.75, 3.05) is 13.1 Å². The highest BCUT2D eigenvalue weighted by Gasteiger charge is 2.42. The van der Waals surface area contributed by atoms with Crippen LogP contribution in [-0.2, 0) is 4.79 Å². The number of hydrogen-bond donors (Lipinski definition) is 1. The van der Waals surface area contributed by atoms with Gasteiger partial charge in [0.1, 0.15) is 11.9 Å². The lowest BCUT2D eigenvalue weighted by Gasteiger charge is -2.41. The van der Waals surface area contributed by atoms with Crippen LogP contribution in [0.4, 0.5) is 9.18 Å². The van der Waals surface area contributed by atoms with Crippen LogP contribution in [0.15, 0.2) is 24.3 Å². The molecule has 124 valence electrons. The van der Waals surface area contributed by atoms with E-state index in [0.29, 0.717) is 6.54 Å². The summed E-state index contributed by atoms with van der Waals surface area (Å²) in [5.74, 6) is -0.271. The Balaban J connectivity index is 1.67. The number of hydrogen-bond acceptors (Lipinski definition) is 2. The van der Waals surface area contributed by atoms with Crippen LogP contribution in [0.2, 0.25) is 0 Å². The zero-order chi connectivity index (χ0) is 16.6. The van der Waals surface area contributed by atoms with Gasteiger partial charge < -0.3 is 15.1 Å². The summed E-state index contributed by atoms with van der Waals surface area (Å²) in [5.41, 5.74) is 0.832. The fourth-order valence-corrected chi connectivity index (χ4v) is 3.44. The van der Waals surface area contributed by atoms with E-state index in [9.17, 15) is 14.0 Å². The summed E-state index contributed by atoms with van der Waals surface area (Å²) in [6, 6.07) is 5.28. The first-order valence-corrected chi connectivity index (χ1v) is 8.10. The second-order valence-corrected chi connectivity index (χ2v) is 6.38. The third-order valence-electron chi connectivity index (χ3n) is 4.86. The highest BCUT2D eigenvalue weighted by atomic mass is 19.1. The Bertz CT molecular complexity index is 604. The third kappa shape index (κ3) is 3.02. The number of halogens is 1. The van der Waals surface area contributed by atoms with Crippen molar-refractivity contribution in [3.63, 3.8) is 0 Å². The second-order valence-electron chi connectivity index (χ2n) is 6.38. The molecule has 0 aromatic heterocycles. The van der Waals surface area contributed by atoms with Gasteiger partial charge in [0, 0.05) is 19.1 Å². The van der Waals surface area contributed by atoms with Crippen LogP contribution in [0.25, 0.3) is 0 Å². The number of rotatable bonds is 2. The van der Waals surface area contributed by atoms with Crippen molar-refractivity contribution in [2.24, 2.45) is 0 Å². The van der Waals surface area contributed by atoms with Gasteiger partial charge in [0.2, 0.25) is 5.91 Å². The molecule has 0 spiro atoms. The highest BCUT2D eigenvalue weighted by Crippen LogP contribution is 2.26. The smallest absolute Gasteiger partial charge is 0.318 e. The molecular weight excluding hydrogens is 297 g/mol. The maximum Gasteiger partial charge on any atom is 0.318 e. The number of fused-ring (bicyclic) bond motifs is 1. The highest BCUT2D eigenvalue weighted by molar-refractivity contribution is 5.88. The van der Waals surface area contributed by atoms with Crippen LogP contribution in [0.5, 0.6) is 0 Å². The van der Waals surface area contributed by atoms with Crippen LogP contribution in [0.3, 0.4) is 0 Å². The molecule has 1 aromatic carbocycles. The molecule has 23 heavy (non-hydrogen) atoms. The Hall–Kier alpha value is -2.11. The summed E-state index contributed by atoms with van der Waals surface area (Å²) in [4.78, 5) is 28.5. The van der Waals surface area contributed by atoms with E-state index >= 15 is 0 Å². The van der Waals surface area contributed by atoms with Crippen molar-refractivity contribution < 1.29 is 14.0 Å². The molecule has 1 aromatic rings. The molecule has 2 heterocycles. The molecule has 6 heteroatoms. The molecule has 0 bridgehead atoms. The largest absolute Gasteiger partial charge is 0.336 e. The van der Waals surface area contributed by atoms with Crippen molar-refractivity contribution in [1.29, 1.82) is 0 Å². The number of nitrogens with one attached hydrogen (secondary N) is 1. The average molecular weight is 319 g/mol. The van der Waals surface area contributed by atoms with Crippen molar-refractivity contribution in [3.05, 3.63) is 35.6 Å². The van der Waals surface area contributed by atoms with Gasteiger partial charge in [-0.1, -0.05) is 12.1 Å². The number of nitrogens with zero attached hydrogens (tertiary/aromatic N) is 2. The van der Waals surface area contributed by atoms with E-state index < -0.39 is 6.04 Å². The zero-order valence-corrected chi connectivity index (χ0v) is 13.5. The van der Waals surface area contributed by atoms with E-state index in [-0.39, 0.29) is 29.8 Å². The third-order valence-corrected chi connectivity index (χ3v) is 4.86. The first kappa shape index (κ1) is 15.8. The number of carbonyl (C=O) groups excluding carboxylic acids is 2. The lowest BCUT2D eigenvalue weighted by Crippen LogP contribution is -2.61. The summed E-state index contributed by atoms with van der Waals surface area (Å²) < 4.78 is 13.0. The Kier molecular flexibility index (Phi) is 4.24. The minimum atomic E-state index is -0.440. The lowest BCUT2D eigenvalue weighted by atomic mass is 10.1. The Morgan fingerprint density at radius 3 is 2.74 bits per heavy atom. The quantitative estimate of drug-likeness (QED) is 0.909. The summed E-state index contributed by atoms with van der Waals surface area (Å²) in [6.07, 6.45) is 1.96. The minimum absolute atomic E-state index is 0.0309. The van der Waals surface area contributed by atoms with Crippen LogP contribution in [-0.4, -0.2) is 46.9 Å². The molecule has 0 radical (unpaired) electrons. The average Bonchev–Trinajstić information content (AvgIpc) is 3.00. The van der Waals surface area contributed by atoms with Crippen molar-refractivity contribution in [3.8, 4) is 0 Å². The molecule has 3 amide bonds. The van der Waals surface area contributed by atoms with Gasteiger partial charge in [0.25, 0.3) is 0 Å². The van der Waals surface area contributed by atoms with Crippen LogP contribution >= 0.6 is 0 Å². The molecule has 3 atom stereocenters. The predicted octanol–water partition coefficient (Wildman–Crippen LogP) is 2.29.